The highest BCUT2D eigenvalue weighted by molar-refractivity contribution is 9.10. The second kappa shape index (κ2) is 4.49. The minimum Gasteiger partial charge on any atom is -0.497 e. The predicted molar refractivity (Wildman–Crippen MR) is 62.1 cm³/mol. The Labute approximate surface area is 96.6 Å². The van der Waals surface area contributed by atoms with E-state index in [1.165, 1.54) is 5.56 Å². The first-order valence-corrected chi connectivity index (χ1v) is 5.39. The summed E-state index contributed by atoms with van der Waals surface area (Å²) in [5.41, 5.74) is 1.19. The van der Waals surface area contributed by atoms with E-state index in [-0.39, 0.29) is 0 Å². The van der Waals surface area contributed by atoms with Crippen LogP contribution in [-0.4, -0.2) is 17.1 Å². The van der Waals surface area contributed by atoms with Gasteiger partial charge in [-0.25, -0.2) is 4.98 Å². The minimum absolute atomic E-state index is 0.789. The first-order chi connectivity index (χ1) is 7.29. The molecule has 0 spiro atoms. The van der Waals surface area contributed by atoms with Crippen molar-refractivity contribution in [2.75, 3.05) is 7.11 Å². The van der Waals surface area contributed by atoms with Gasteiger partial charge in [0.25, 0.3) is 0 Å². The van der Waals surface area contributed by atoms with Crippen LogP contribution in [-0.2, 0) is 6.42 Å². The van der Waals surface area contributed by atoms with Crippen molar-refractivity contribution in [3.8, 4) is 5.75 Å². The summed E-state index contributed by atoms with van der Waals surface area (Å²) in [5, 5.41) is 0. The lowest BCUT2D eigenvalue weighted by molar-refractivity contribution is 0.414. The Morgan fingerprint density at radius 2 is 2.33 bits per heavy atom. The Hall–Kier alpha value is -1.29. The van der Waals surface area contributed by atoms with Crippen molar-refractivity contribution in [2.24, 2.45) is 0 Å². The molecule has 1 aromatic heterocycles. The quantitative estimate of drug-likeness (QED) is 0.928. The first-order valence-electron chi connectivity index (χ1n) is 4.60. The molecule has 2 rings (SSSR count). The molecule has 0 aliphatic heterocycles. The zero-order valence-electron chi connectivity index (χ0n) is 8.33. The lowest BCUT2D eigenvalue weighted by atomic mass is 10.1. The van der Waals surface area contributed by atoms with E-state index in [0.717, 1.165) is 22.5 Å². The third-order valence-corrected chi connectivity index (χ3v) is 2.91. The molecule has 15 heavy (non-hydrogen) atoms. The Morgan fingerprint density at radius 3 is 2.93 bits per heavy atom. The van der Waals surface area contributed by atoms with Crippen molar-refractivity contribution in [1.29, 1.82) is 0 Å². The van der Waals surface area contributed by atoms with Crippen molar-refractivity contribution >= 4 is 15.9 Å². The van der Waals surface area contributed by atoms with Crippen molar-refractivity contribution in [1.82, 2.24) is 9.97 Å². The summed E-state index contributed by atoms with van der Waals surface area (Å²) in [6, 6.07) is 5.94. The fraction of sp³-hybridized carbons (Fsp3) is 0.182. The smallest absolute Gasteiger partial charge is 0.120 e. The zero-order valence-corrected chi connectivity index (χ0v) is 9.91. The maximum Gasteiger partial charge on any atom is 0.120 e. The van der Waals surface area contributed by atoms with E-state index in [0.29, 0.717) is 0 Å². The van der Waals surface area contributed by atoms with Gasteiger partial charge >= 0.3 is 0 Å². The molecular formula is C11H11BrN2O. The summed E-state index contributed by atoms with van der Waals surface area (Å²) in [6.45, 7) is 0. The standard InChI is InChI=1S/C11H11BrN2O/c1-15-9-3-2-8(10(12)7-9)6-11-13-4-5-14-11/h2-5,7H,6H2,1H3,(H,13,14). The molecule has 0 saturated heterocycles. The second-order valence-electron chi connectivity index (χ2n) is 3.17. The van der Waals surface area contributed by atoms with Crippen LogP contribution < -0.4 is 4.74 Å². The number of ether oxygens (including phenoxy) is 1. The van der Waals surface area contributed by atoms with Crippen molar-refractivity contribution in [3.63, 3.8) is 0 Å². The number of nitrogens with one attached hydrogen (secondary N) is 1. The number of benzene rings is 1. The third kappa shape index (κ3) is 2.39. The molecule has 4 heteroatoms. The molecule has 1 heterocycles. The highest BCUT2D eigenvalue weighted by Gasteiger charge is 2.04. The van der Waals surface area contributed by atoms with Gasteiger partial charge in [0.2, 0.25) is 0 Å². The number of imidazole rings is 1. The lowest BCUT2D eigenvalue weighted by Gasteiger charge is -2.05. The molecule has 0 atom stereocenters. The molecule has 0 fully saturated rings. The van der Waals surface area contributed by atoms with Gasteiger partial charge in [-0.15, -0.1) is 0 Å². The van der Waals surface area contributed by atoms with Gasteiger partial charge in [0, 0.05) is 23.3 Å². The fourth-order valence-electron chi connectivity index (χ4n) is 1.37. The topological polar surface area (TPSA) is 37.9 Å². The average molecular weight is 267 g/mol. The van der Waals surface area contributed by atoms with Crippen molar-refractivity contribution in [2.45, 2.75) is 6.42 Å². The lowest BCUT2D eigenvalue weighted by Crippen LogP contribution is -1.92. The second-order valence-corrected chi connectivity index (χ2v) is 4.02. The molecule has 0 radical (unpaired) electrons. The van der Waals surface area contributed by atoms with Crippen LogP contribution in [0.1, 0.15) is 11.4 Å². The van der Waals surface area contributed by atoms with Crippen LogP contribution in [0.5, 0.6) is 5.75 Å². The number of aromatic amines is 1. The average Bonchev–Trinajstić information content (AvgIpc) is 2.74. The highest BCUT2D eigenvalue weighted by Crippen LogP contribution is 2.24. The number of H-pyrrole nitrogens is 1. The minimum atomic E-state index is 0.789. The summed E-state index contributed by atoms with van der Waals surface area (Å²) in [6.07, 6.45) is 4.37. The summed E-state index contributed by atoms with van der Waals surface area (Å²) in [4.78, 5) is 7.27. The third-order valence-electron chi connectivity index (χ3n) is 2.17. The monoisotopic (exact) mass is 266 g/mol. The fourth-order valence-corrected chi connectivity index (χ4v) is 1.87. The van der Waals surface area contributed by atoms with Crippen LogP contribution >= 0.6 is 15.9 Å². The molecule has 0 aliphatic carbocycles. The van der Waals surface area contributed by atoms with Gasteiger partial charge in [-0.3, -0.25) is 0 Å². The first kappa shape index (κ1) is 10.2. The van der Waals surface area contributed by atoms with Gasteiger partial charge in [0.05, 0.1) is 7.11 Å². The molecule has 0 bridgehead atoms. The number of halogens is 1. The molecule has 1 N–H and O–H groups in total. The summed E-state index contributed by atoms with van der Waals surface area (Å²) in [5.74, 6) is 1.81. The normalized spacial score (nSPS) is 10.3. The molecule has 0 aliphatic rings. The molecule has 78 valence electrons. The number of methoxy groups -OCH3 is 1. The van der Waals surface area contributed by atoms with Gasteiger partial charge in [-0.2, -0.15) is 0 Å². The number of nitrogens with zero attached hydrogens (tertiary/aromatic N) is 1. The number of rotatable bonds is 3. The molecule has 0 unspecified atom stereocenters. The molecule has 2 aromatic rings. The van der Waals surface area contributed by atoms with Gasteiger partial charge in [-0.1, -0.05) is 22.0 Å². The predicted octanol–water partition coefficient (Wildman–Crippen LogP) is 2.77. The van der Waals surface area contributed by atoms with Crippen molar-refractivity contribution in [3.05, 3.63) is 46.5 Å². The number of aromatic nitrogens is 2. The molecule has 1 aromatic carbocycles. The largest absolute Gasteiger partial charge is 0.497 e. The van der Waals surface area contributed by atoms with Crippen LogP contribution in [0.25, 0.3) is 0 Å². The Bertz CT molecular complexity index is 440. The Balaban J connectivity index is 2.22. The molecule has 0 amide bonds. The molecule has 3 nitrogen and oxygen atoms in total. The maximum absolute atomic E-state index is 5.13. The van der Waals surface area contributed by atoms with E-state index in [1.54, 1.807) is 13.3 Å². The SMILES string of the molecule is COc1ccc(Cc2ncc[nH]2)c(Br)c1. The number of hydrogen-bond donors (Lipinski definition) is 1. The van der Waals surface area contributed by atoms with Gasteiger partial charge in [0.1, 0.15) is 11.6 Å². The summed E-state index contributed by atoms with van der Waals surface area (Å²) >= 11 is 3.51. The molecular weight excluding hydrogens is 256 g/mol. The van der Waals surface area contributed by atoms with E-state index < -0.39 is 0 Å². The van der Waals surface area contributed by atoms with E-state index in [1.807, 2.05) is 24.4 Å². The van der Waals surface area contributed by atoms with E-state index in [9.17, 15) is 0 Å². The number of hydrogen-bond acceptors (Lipinski definition) is 2. The van der Waals surface area contributed by atoms with Gasteiger partial charge < -0.3 is 9.72 Å². The van der Waals surface area contributed by atoms with Crippen LogP contribution in [0.4, 0.5) is 0 Å². The van der Waals surface area contributed by atoms with Gasteiger partial charge in [0.15, 0.2) is 0 Å². The van der Waals surface area contributed by atoms with Crippen LogP contribution in [0.15, 0.2) is 35.1 Å². The molecule has 0 saturated carbocycles. The summed E-state index contributed by atoms with van der Waals surface area (Å²) in [7, 11) is 1.66. The van der Waals surface area contributed by atoms with Crippen molar-refractivity contribution < 1.29 is 4.74 Å². The van der Waals surface area contributed by atoms with E-state index in [4.69, 9.17) is 4.74 Å². The maximum atomic E-state index is 5.13. The van der Waals surface area contributed by atoms with Crippen LogP contribution in [0.2, 0.25) is 0 Å². The van der Waals surface area contributed by atoms with Gasteiger partial charge in [-0.05, 0) is 17.7 Å². The highest BCUT2D eigenvalue weighted by atomic mass is 79.9. The summed E-state index contributed by atoms with van der Waals surface area (Å²) < 4.78 is 6.17. The van der Waals surface area contributed by atoms with E-state index >= 15 is 0 Å². The zero-order chi connectivity index (χ0) is 10.7. The Morgan fingerprint density at radius 1 is 1.47 bits per heavy atom. The van der Waals surface area contributed by atoms with E-state index in [2.05, 4.69) is 25.9 Å². The Kier molecular flexibility index (Phi) is 3.06. The van der Waals surface area contributed by atoms with Crippen LogP contribution in [0, 0.1) is 0 Å². The van der Waals surface area contributed by atoms with Crippen LogP contribution in [0.3, 0.4) is 0 Å².